The molecule has 3 nitrogen and oxygen atoms in total. The number of hydrogen-bond acceptors (Lipinski definition) is 2. The van der Waals surface area contributed by atoms with Crippen molar-refractivity contribution in [3.05, 3.63) is 42.2 Å². The fourth-order valence-electron chi connectivity index (χ4n) is 2.73. The normalized spacial score (nSPS) is 19.3. The molecule has 2 aromatic rings. The molecule has 0 saturated carbocycles. The molecule has 1 aliphatic heterocycles. The molecule has 0 radical (unpaired) electrons. The quantitative estimate of drug-likeness (QED) is 0.894. The van der Waals surface area contributed by atoms with Gasteiger partial charge in [-0.25, -0.2) is 0 Å². The minimum Gasteiger partial charge on any atom is -0.314 e. The van der Waals surface area contributed by atoms with Crippen LogP contribution in [0.1, 0.15) is 18.5 Å². The number of nitrogens with zero attached hydrogens (tertiary/aromatic N) is 2. The lowest BCUT2D eigenvalue weighted by molar-refractivity contribution is 0.571. The molecule has 3 heteroatoms. The summed E-state index contributed by atoms with van der Waals surface area (Å²) in [4.78, 5) is 0. The van der Waals surface area contributed by atoms with Crippen LogP contribution in [-0.4, -0.2) is 22.4 Å². The van der Waals surface area contributed by atoms with E-state index in [4.69, 9.17) is 0 Å². The summed E-state index contributed by atoms with van der Waals surface area (Å²) in [6.07, 6.45) is 5.63. The van der Waals surface area contributed by atoms with Gasteiger partial charge in [-0.05, 0) is 24.9 Å². The zero-order valence-corrected chi connectivity index (χ0v) is 10.8. The van der Waals surface area contributed by atoms with E-state index >= 15 is 0 Å². The maximum Gasteiger partial charge on any atom is 0.0571 e. The van der Waals surface area contributed by atoms with Gasteiger partial charge in [0.2, 0.25) is 0 Å². The summed E-state index contributed by atoms with van der Waals surface area (Å²) in [7, 11) is 2.04. The van der Waals surface area contributed by atoms with Gasteiger partial charge >= 0.3 is 0 Å². The Morgan fingerprint density at radius 3 is 2.89 bits per heavy atom. The number of rotatable bonds is 3. The van der Waals surface area contributed by atoms with Crippen molar-refractivity contribution in [2.75, 3.05) is 6.54 Å². The van der Waals surface area contributed by atoms with E-state index in [-0.39, 0.29) is 0 Å². The molecule has 1 N–H and O–H groups in total. The largest absolute Gasteiger partial charge is 0.314 e. The van der Waals surface area contributed by atoms with Crippen molar-refractivity contribution < 1.29 is 0 Å². The average molecular weight is 241 g/mol. The molecule has 0 amide bonds. The number of aryl methyl sites for hydroxylation is 1. The standard InChI is InChI=1S/C15H19N3/c1-18-15(10-13-8-5-9-16-13)14(11-17-18)12-6-3-2-4-7-12/h2-4,6-7,11,13,16H,5,8-10H2,1H3. The summed E-state index contributed by atoms with van der Waals surface area (Å²) in [5.74, 6) is 0. The zero-order valence-electron chi connectivity index (χ0n) is 10.8. The maximum absolute atomic E-state index is 4.42. The van der Waals surface area contributed by atoms with Crippen LogP contribution in [0.2, 0.25) is 0 Å². The second-order valence-electron chi connectivity index (χ2n) is 4.99. The number of aromatic nitrogens is 2. The highest BCUT2D eigenvalue weighted by atomic mass is 15.3. The number of hydrogen-bond donors (Lipinski definition) is 1. The summed E-state index contributed by atoms with van der Waals surface area (Å²) >= 11 is 0. The van der Waals surface area contributed by atoms with Crippen LogP contribution in [0.5, 0.6) is 0 Å². The average Bonchev–Trinajstić information content (AvgIpc) is 3.03. The summed E-state index contributed by atoms with van der Waals surface area (Å²) in [5, 5.41) is 7.98. The van der Waals surface area contributed by atoms with Gasteiger partial charge in [0.25, 0.3) is 0 Å². The van der Waals surface area contributed by atoms with Crippen molar-refractivity contribution in [2.24, 2.45) is 7.05 Å². The van der Waals surface area contributed by atoms with E-state index < -0.39 is 0 Å². The lowest BCUT2D eigenvalue weighted by Crippen LogP contribution is -2.25. The predicted octanol–water partition coefficient (Wildman–Crippen LogP) is 2.38. The third kappa shape index (κ3) is 2.18. The van der Waals surface area contributed by atoms with Gasteiger partial charge in [0.05, 0.1) is 6.20 Å². The van der Waals surface area contributed by atoms with E-state index in [9.17, 15) is 0 Å². The fourth-order valence-corrected chi connectivity index (χ4v) is 2.73. The molecule has 2 heterocycles. The van der Waals surface area contributed by atoms with Crippen molar-refractivity contribution in [2.45, 2.75) is 25.3 Å². The Hall–Kier alpha value is -1.61. The van der Waals surface area contributed by atoms with E-state index in [1.165, 1.54) is 29.7 Å². The van der Waals surface area contributed by atoms with E-state index in [0.29, 0.717) is 6.04 Å². The molecule has 1 fully saturated rings. The monoisotopic (exact) mass is 241 g/mol. The van der Waals surface area contributed by atoms with Crippen LogP contribution >= 0.6 is 0 Å². The van der Waals surface area contributed by atoms with Crippen molar-refractivity contribution in [3.8, 4) is 11.1 Å². The Morgan fingerprint density at radius 1 is 1.33 bits per heavy atom. The topological polar surface area (TPSA) is 29.9 Å². The van der Waals surface area contributed by atoms with Crippen LogP contribution in [-0.2, 0) is 13.5 Å². The Bertz CT molecular complexity index is 510. The molecule has 94 valence electrons. The molecular weight excluding hydrogens is 222 g/mol. The van der Waals surface area contributed by atoms with Crippen molar-refractivity contribution >= 4 is 0 Å². The van der Waals surface area contributed by atoms with Gasteiger partial charge < -0.3 is 5.32 Å². The first kappa shape index (κ1) is 11.5. The summed E-state index contributed by atoms with van der Waals surface area (Å²) in [6.45, 7) is 1.16. The van der Waals surface area contributed by atoms with Crippen LogP contribution < -0.4 is 5.32 Å². The molecule has 1 aromatic carbocycles. The molecule has 1 unspecified atom stereocenters. The van der Waals surface area contributed by atoms with E-state index in [1.807, 2.05) is 17.9 Å². The second kappa shape index (κ2) is 4.94. The Kier molecular flexibility index (Phi) is 3.15. The van der Waals surface area contributed by atoms with Crippen LogP contribution in [0.25, 0.3) is 11.1 Å². The molecule has 1 saturated heterocycles. The molecular formula is C15H19N3. The van der Waals surface area contributed by atoms with E-state index in [0.717, 1.165) is 13.0 Å². The first-order valence-corrected chi connectivity index (χ1v) is 6.64. The smallest absolute Gasteiger partial charge is 0.0571 e. The van der Waals surface area contributed by atoms with E-state index in [2.05, 4.69) is 40.7 Å². The van der Waals surface area contributed by atoms with Crippen molar-refractivity contribution in [3.63, 3.8) is 0 Å². The zero-order chi connectivity index (χ0) is 12.4. The number of nitrogens with one attached hydrogen (secondary N) is 1. The molecule has 3 rings (SSSR count). The van der Waals surface area contributed by atoms with Gasteiger partial charge in [-0.2, -0.15) is 5.10 Å². The highest BCUT2D eigenvalue weighted by molar-refractivity contribution is 5.65. The molecule has 1 aromatic heterocycles. The molecule has 1 aliphatic rings. The summed E-state index contributed by atoms with van der Waals surface area (Å²) in [5.41, 5.74) is 3.87. The first-order valence-electron chi connectivity index (χ1n) is 6.64. The lowest BCUT2D eigenvalue weighted by atomic mass is 10.0. The summed E-state index contributed by atoms with van der Waals surface area (Å²) in [6, 6.07) is 11.1. The highest BCUT2D eigenvalue weighted by Crippen LogP contribution is 2.25. The third-order valence-corrected chi connectivity index (χ3v) is 3.75. The molecule has 18 heavy (non-hydrogen) atoms. The predicted molar refractivity (Wildman–Crippen MR) is 73.4 cm³/mol. The number of benzene rings is 1. The molecule has 0 bridgehead atoms. The van der Waals surface area contributed by atoms with Crippen LogP contribution in [0.3, 0.4) is 0 Å². The maximum atomic E-state index is 4.42. The minimum atomic E-state index is 0.614. The summed E-state index contributed by atoms with van der Waals surface area (Å²) < 4.78 is 2.02. The first-order chi connectivity index (χ1) is 8.84. The second-order valence-corrected chi connectivity index (χ2v) is 4.99. The Labute approximate surface area is 108 Å². The van der Waals surface area contributed by atoms with Gasteiger partial charge in [-0.3, -0.25) is 4.68 Å². The molecule has 1 atom stereocenters. The fraction of sp³-hybridized carbons (Fsp3) is 0.400. The van der Waals surface area contributed by atoms with Gasteiger partial charge in [-0.1, -0.05) is 30.3 Å². The molecule has 0 aliphatic carbocycles. The van der Waals surface area contributed by atoms with Crippen LogP contribution in [0, 0.1) is 0 Å². The Morgan fingerprint density at radius 2 is 2.17 bits per heavy atom. The van der Waals surface area contributed by atoms with Crippen LogP contribution in [0.4, 0.5) is 0 Å². The van der Waals surface area contributed by atoms with Crippen molar-refractivity contribution in [1.29, 1.82) is 0 Å². The van der Waals surface area contributed by atoms with Gasteiger partial charge in [0.1, 0.15) is 0 Å². The highest BCUT2D eigenvalue weighted by Gasteiger charge is 2.19. The van der Waals surface area contributed by atoms with Crippen LogP contribution in [0.15, 0.2) is 36.5 Å². The van der Waals surface area contributed by atoms with Gasteiger partial charge in [0, 0.05) is 30.8 Å². The van der Waals surface area contributed by atoms with Crippen molar-refractivity contribution in [1.82, 2.24) is 15.1 Å². The Balaban J connectivity index is 1.91. The minimum absolute atomic E-state index is 0.614. The van der Waals surface area contributed by atoms with Gasteiger partial charge in [-0.15, -0.1) is 0 Å². The van der Waals surface area contributed by atoms with E-state index in [1.54, 1.807) is 0 Å². The third-order valence-electron chi connectivity index (χ3n) is 3.75. The lowest BCUT2D eigenvalue weighted by Gasteiger charge is -2.12. The molecule has 0 spiro atoms. The van der Waals surface area contributed by atoms with Gasteiger partial charge in [0.15, 0.2) is 0 Å². The SMILES string of the molecule is Cn1ncc(-c2ccccc2)c1CC1CCCN1.